The summed E-state index contributed by atoms with van der Waals surface area (Å²) in [5.74, 6) is 1.03. The molecule has 2 heterocycles. The number of carbonyl (C=O) groups excluding carboxylic acids is 1. The monoisotopic (exact) mass is 721 g/mol. The molecule has 0 bridgehead atoms. The summed E-state index contributed by atoms with van der Waals surface area (Å²) in [4.78, 5) is 42.9. The number of thiazole rings is 1. The van der Waals surface area contributed by atoms with Crippen LogP contribution in [0, 0.1) is 10.1 Å². The number of fused-ring (bicyclic) bond motifs is 1. The van der Waals surface area contributed by atoms with Crippen LogP contribution in [0.5, 0.6) is 17.2 Å². The Morgan fingerprint density at radius 3 is 2.47 bits per heavy atom. The molecule has 3 aromatic carbocycles. The highest BCUT2D eigenvalue weighted by Gasteiger charge is 2.34. The summed E-state index contributed by atoms with van der Waals surface area (Å²) >= 11 is 4.77. The van der Waals surface area contributed by atoms with Gasteiger partial charge in [0.1, 0.15) is 12.4 Å². The van der Waals surface area contributed by atoms with Crippen LogP contribution >= 0.6 is 27.3 Å². The zero-order valence-corrected chi connectivity index (χ0v) is 28.7. The van der Waals surface area contributed by atoms with E-state index in [2.05, 4.69) is 20.9 Å². The fourth-order valence-corrected chi connectivity index (χ4v) is 6.62. The normalized spacial score (nSPS) is 14.4. The van der Waals surface area contributed by atoms with Crippen molar-refractivity contribution < 1.29 is 28.7 Å². The molecule has 244 valence electrons. The van der Waals surface area contributed by atoms with Crippen LogP contribution in [0.15, 0.2) is 86.2 Å². The Bertz CT molecular complexity index is 2050. The lowest BCUT2D eigenvalue weighted by Gasteiger charge is -2.25. The van der Waals surface area contributed by atoms with E-state index in [1.165, 1.54) is 35.1 Å². The van der Waals surface area contributed by atoms with Crippen molar-refractivity contribution in [1.82, 2.24) is 4.57 Å². The third kappa shape index (κ3) is 7.31. The van der Waals surface area contributed by atoms with Gasteiger partial charge in [-0.1, -0.05) is 23.5 Å². The molecular formula is C34H32BrN3O8S. The van der Waals surface area contributed by atoms with Gasteiger partial charge in [-0.15, -0.1) is 0 Å². The average molecular weight is 723 g/mol. The Morgan fingerprint density at radius 2 is 1.83 bits per heavy atom. The molecule has 0 saturated carbocycles. The Balaban J connectivity index is 1.51. The van der Waals surface area contributed by atoms with Crippen LogP contribution in [0.1, 0.15) is 50.4 Å². The van der Waals surface area contributed by atoms with E-state index >= 15 is 0 Å². The Kier molecular flexibility index (Phi) is 10.3. The number of hydrogen-bond acceptors (Lipinski definition) is 10. The number of allylic oxidation sites excluding steroid dienone is 1. The molecule has 13 heteroatoms. The van der Waals surface area contributed by atoms with Gasteiger partial charge in [0, 0.05) is 12.1 Å². The van der Waals surface area contributed by atoms with Crippen LogP contribution < -0.4 is 29.1 Å². The lowest BCUT2D eigenvalue weighted by atomic mass is 9.95. The van der Waals surface area contributed by atoms with Crippen LogP contribution in [0.3, 0.4) is 0 Å². The fraction of sp³-hybridized carbons (Fsp3) is 0.265. The van der Waals surface area contributed by atoms with Gasteiger partial charge >= 0.3 is 5.97 Å². The quantitative estimate of drug-likeness (QED) is 0.107. The summed E-state index contributed by atoms with van der Waals surface area (Å²) in [5, 5.41) is 10.9. The summed E-state index contributed by atoms with van der Waals surface area (Å²) in [6.45, 7) is 7.67. The van der Waals surface area contributed by atoms with Crippen LogP contribution in [0.2, 0.25) is 0 Å². The number of nitro groups is 1. The van der Waals surface area contributed by atoms with E-state index in [0.29, 0.717) is 42.3 Å². The maximum Gasteiger partial charge on any atom is 0.338 e. The molecule has 1 atom stereocenters. The molecule has 0 saturated heterocycles. The second-order valence-electron chi connectivity index (χ2n) is 10.8. The van der Waals surface area contributed by atoms with Crippen molar-refractivity contribution in [3.05, 3.63) is 123 Å². The van der Waals surface area contributed by atoms with Gasteiger partial charge in [-0.25, -0.2) is 9.79 Å². The third-order valence-corrected chi connectivity index (χ3v) is 8.78. The van der Waals surface area contributed by atoms with Gasteiger partial charge in [0.05, 0.1) is 51.1 Å². The van der Waals surface area contributed by atoms with Crippen molar-refractivity contribution >= 4 is 45.0 Å². The summed E-state index contributed by atoms with van der Waals surface area (Å²) in [7, 11) is 1.54. The number of esters is 1. The molecule has 5 rings (SSSR count). The molecule has 4 aromatic rings. The Labute approximate surface area is 282 Å². The Hall–Kier alpha value is -4.75. The minimum absolute atomic E-state index is 0.0111. The summed E-state index contributed by atoms with van der Waals surface area (Å²) in [6.07, 6.45) is 1.68. The lowest BCUT2D eigenvalue weighted by Crippen LogP contribution is -2.40. The van der Waals surface area contributed by atoms with E-state index in [4.69, 9.17) is 18.9 Å². The van der Waals surface area contributed by atoms with Gasteiger partial charge in [-0.2, -0.15) is 0 Å². The van der Waals surface area contributed by atoms with E-state index in [-0.39, 0.29) is 36.1 Å². The molecule has 0 fully saturated rings. The number of benzene rings is 3. The summed E-state index contributed by atoms with van der Waals surface area (Å²) in [5.41, 5.74) is 2.57. The number of nitro benzene ring substituents is 1. The van der Waals surface area contributed by atoms with Gasteiger partial charge in [-0.3, -0.25) is 19.5 Å². The zero-order chi connectivity index (χ0) is 33.8. The SMILES string of the molecule is CCOC(=O)C1=C(C)N=c2s/c(=C\c3ccc(OCc4ccc([N+](=O)[O-])cc4)c(Br)c3)c(=O)n2[C@H]1c1ccc(OC(C)C)c(OC)c1. The molecule has 0 amide bonds. The van der Waals surface area contributed by atoms with Gasteiger partial charge in [0.2, 0.25) is 0 Å². The van der Waals surface area contributed by atoms with E-state index < -0.39 is 16.9 Å². The Morgan fingerprint density at radius 1 is 1.11 bits per heavy atom. The van der Waals surface area contributed by atoms with Gasteiger partial charge in [0.25, 0.3) is 11.2 Å². The highest BCUT2D eigenvalue weighted by atomic mass is 79.9. The number of aromatic nitrogens is 1. The van der Waals surface area contributed by atoms with E-state index in [9.17, 15) is 19.7 Å². The maximum absolute atomic E-state index is 14.1. The molecule has 47 heavy (non-hydrogen) atoms. The van der Waals surface area contributed by atoms with Gasteiger partial charge < -0.3 is 18.9 Å². The number of nitrogens with zero attached hydrogens (tertiary/aromatic N) is 3. The van der Waals surface area contributed by atoms with Crippen molar-refractivity contribution in [2.24, 2.45) is 4.99 Å². The highest BCUT2D eigenvalue weighted by molar-refractivity contribution is 9.10. The van der Waals surface area contributed by atoms with E-state index in [1.807, 2.05) is 32.0 Å². The molecule has 1 aromatic heterocycles. The second-order valence-corrected chi connectivity index (χ2v) is 12.6. The zero-order valence-electron chi connectivity index (χ0n) is 26.3. The van der Waals surface area contributed by atoms with Gasteiger partial charge in [0.15, 0.2) is 16.3 Å². The fourth-order valence-electron chi connectivity index (χ4n) is 5.06. The highest BCUT2D eigenvalue weighted by Crippen LogP contribution is 2.36. The molecule has 1 aliphatic heterocycles. The summed E-state index contributed by atoms with van der Waals surface area (Å²) < 4.78 is 25.4. The standard InChI is InChI=1S/C34H32BrN3O8S/c1-6-44-33(40)30-20(4)36-34-37(31(30)23-10-14-27(46-19(2)3)28(17-23)43-5)32(39)29(47-34)16-22-9-13-26(25(35)15-22)45-18-21-7-11-24(12-8-21)38(41)42/h7-17,19,31H,6,18H2,1-5H3/b29-16-/t31-/m0/s1. The largest absolute Gasteiger partial charge is 0.493 e. The van der Waals surface area contributed by atoms with Crippen molar-refractivity contribution in [2.45, 2.75) is 46.4 Å². The predicted molar refractivity (Wildman–Crippen MR) is 181 cm³/mol. The molecule has 0 N–H and O–H groups in total. The van der Waals surface area contributed by atoms with Crippen LogP contribution in [0.25, 0.3) is 6.08 Å². The molecule has 0 aliphatic carbocycles. The van der Waals surface area contributed by atoms with Crippen molar-refractivity contribution in [2.75, 3.05) is 13.7 Å². The van der Waals surface area contributed by atoms with E-state index in [1.54, 1.807) is 50.3 Å². The number of rotatable bonds is 11. The predicted octanol–water partition coefficient (Wildman–Crippen LogP) is 5.84. The van der Waals surface area contributed by atoms with Crippen molar-refractivity contribution in [3.8, 4) is 17.2 Å². The minimum atomic E-state index is -0.809. The molecule has 1 aliphatic rings. The van der Waals surface area contributed by atoms with Crippen molar-refractivity contribution in [1.29, 1.82) is 0 Å². The number of ether oxygens (including phenoxy) is 4. The first kappa shape index (κ1) is 33.6. The molecule has 0 spiro atoms. The first-order valence-electron chi connectivity index (χ1n) is 14.7. The smallest absolute Gasteiger partial charge is 0.338 e. The molecule has 11 nitrogen and oxygen atoms in total. The van der Waals surface area contributed by atoms with E-state index in [0.717, 1.165) is 11.1 Å². The number of halogens is 1. The first-order valence-corrected chi connectivity index (χ1v) is 16.3. The van der Waals surface area contributed by atoms with Crippen LogP contribution in [0.4, 0.5) is 5.69 Å². The number of non-ortho nitro benzene ring substituents is 1. The van der Waals surface area contributed by atoms with Gasteiger partial charge in [-0.05, 0) is 103 Å². The van der Waals surface area contributed by atoms with Crippen LogP contribution in [-0.2, 0) is 16.1 Å². The van der Waals surface area contributed by atoms with Crippen molar-refractivity contribution in [3.63, 3.8) is 0 Å². The number of methoxy groups -OCH3 is 1. The first-order chi connectivity index (χ1) is 22.5. The summed E-state index contributed by atoms with van der Waals surface area (Å²) in [6, 6.07) is 16.1. The molecule has 0 unspecified atom stereocenters. The minimum Gasteiger partial charge on any atom is -0.493 e. The second kappa shape index (κ2) is 14.3. The number of carbonyl (C=O) groups is 1. The third-order valence-electron chi connectivity index (χ3n) is 7.18. The molecule has 0 radical (unpaired) electrons. The maximum atomic E-state index is 14.1. The topological polar surface area (TPSA) is 131 Å². The lowest BCUT2D eigenvalue weighted by molar-refractivity contribution is -0.384. The average Bonchev–Trinajstić information content (AvgIpc) is 3.33. The van der Waals surface area contributed by atoms with Crippen LogP contribution in [-0.4, -0.2) is 35.3 Å². The molecular weight excluding hydrogens is 690 g/mol. The number of hydrogen-bond donors (Lipinski definition) is 0.